The van der Waals surface area contributed by atoms with Gasteiger partial charge in [0, 0.05) is 0 Å². The Morgan fingerprint density at radius 3 is 2.16 bits per heavy atom. The Hall–Kier alpha value is -2.22. The van der Waals surface area contributed by atoms with Crippen LogP contribution in [-0.4, -0.2) is 0 Å². The van der Waals surface area contributed by atoms with Crippen LogP contribution in [0, 0.1) is 0 Å². The first kappa shape index (κ1) is 13.2. The molecule has 0 aliphatic heterocycles. The molecule has 0 saturated carbocycles. The van der Waals surface area contributed by atoms with Crippen LogP contribution in [0.1, 0.15) is 19.4 Å². The lowest BCUT2D eigenvalue weighted by atomic mass is 10.2. The van der Waals surface area contributed by atoms with Crippen molar-refractivity contribution in [3.05, 3.63) is 72.0 Å². The highest BCUT2D eigenvalue weighted by Crippen LogP contribution is 2.21. The van der Waals surface area contributed by atoms with E-state index in [-0.39, 0.29) is 0 Å². The van der Waals surface area contributed by atoms with E-state index in [0.29, 0.717) is 6.61 Å². The number of para-hydroxylation sites is 1. The topological polar surface area (TPSA) is 18.5 Å². The fourth-order valence-corrected chi connectivity index (χ4v) is 1.58. The molecule has 2 nitrogen and oxygen atoms in total. The van der Waals surface area contributed by atoms with Crippen LogP contribution >= 0.6 is 0 Å². The molecule has 0 N–H and O–H groups in total. The maximum absolute atomic E-state index is 5.72. The molecule has 0 saturated heterocycles. The van der Waals surface area contributed by atoms with Crippen LogP contribution in [0.4, 0.5) is 0 Å². The quantitative estimate of drug-likeness (QED) is 0.705. The Labute approximate surface area is 114 Å². The lowest BCUT2D eigenvalue weighted by Gasteiger charge is -2.06. The van der Waals surface area contributed by atoms with Gasteiger partial charge in [0.2, 0.25) is 0 Å². The number of benzene rings is 2. The van der Waals surface area contributed by atoms with E-state index in [1.807, 2.05) is 68.4 Å². The van der Waals surface area contributed by atoms with Gasteiger partial charge in [-0.25, -0.2) is 0 Å². The Morgan fingerprint density at radius 2 is 1.53 bits per heavy atom. The lowest BCUT2D eigenvalue weighted by Crippen LogP contribution is -1.88. The lowest BCUT2D eigenvalue weighted by molar-refractivity contribution is 0.233. The molecule has 2 aromatic carbocycles. The van der Waals surface area contributed by atoms with Gasteiger partial charge in [-0.2, -0.15) is 0 Å². The van der Waals surface area contributed by atoms with E-state index in [1.165, 1.54) is 0 Å². The summed E-state index contributed by atoms with van der Waals surface area (Å²) in [5.41, 5.74) is 2.28. The highest BCUT2D eigenvalue weighted by molar-refractivity contribution is 5.32. The summed E-state index contributed by atoms with van der Waals surface area (Å²) in [6.07, 6.45) is 1.77. The average Bonchev–Trinajstić information content (AvgIpc) is 2.42. The maximum Gasteiger partial charge on any atom is 0.127 e. The summed E-state index contributed by atoms with van der Waals surface area (Å²) in [4.78, 5) is 0. The molecule has 0 aliphatic rings. The number of ether oxygens (including phenoxy) is 2. The van der Waals surface area contributed by atoms with Gasteiger partial charge >= 0.3 is 0 Å². The molecule has 2 heteroatoms. The second kappa shape index (κ2) is 6.64. The van der Waals surface area contributed by atoms with Crippen LogP contribution < -0.4 is 4.74 Å². The predicted molar refractivity (Wildman–Crippen MR) is 77.2 cm³/mol. The Kier molecular flexibility index (Phi) is 4.62. The molecular weight excluding hydrogens is 236 g/mol. The third kappa shape index (κ3) is 4.51. The first-order valence-corrected chi connectivity index (χ1v) is 6.31. The molecule has 0 aliphatic carbocycles. The summed E-state index contributed by atoms with van der Waals surface area (Å²) in [6.45, 7) is 4.60. The van der Waals surface area contributed by atoms with E-state index in [1.54, 1.807) is 6.26 Å². The van der Waals surface area contributed by atoms with Crippen molar-refractivity contribution in [1.82, 2.24) is 0 Å². The molecule has 0 spiro atoms. The zero-order chi connectivity index (χ0) is 13.5. The number of hydrogen-bond acceptors (Lipinski definition) is 2. The molecule has 0 unspecified atom stereocenters. The molecule has 0 aromatic heterocycles. The molecule has 0 amide bonds. The van der Waals surface area contributed by atoms with Gasteiger partial charge in [0.05, 0.1) is 6.26 Å². The van der Waals surface area contributed by atoms with E-state index < -0.39 is 0 Å². The van der Waals surface area contributed by atoms with Gasteiger partial charge < -0.3 is 9.47 Å². The van der Waals surface area contributed by atoms with E-state index in [2.05, 4.69) is 0 Å². The molecule has 0 heterocycles. The molecule has 0 fully saturated rings. The fourth-order valence-electron chi connectivity index (χ4n) is 1.58. The van der Waals surface area contributed by atoms with Crippen molar-refractivity contribution in [3.63, 3.8) is 0 Å². The minimum Gasteiger partial charge on any atom is -0.497 e. The van der Waals surface area contributed by atoms with E-state index in [4.69, 9.17) is 9.47 Å². The molecule has 19 heavy (non-hydrogen) atoms. The summed E-state index contributed by atoms with van der Waals surface area (Å²) < 4.78 is 11.2. The highest BCUT2D eigenvalue weighted by Gasteiger charge is 1.97. The minimum atomic E-state index is 0.580. The summed E-state index contributed by atoms with van der Waals surface area (Å²) in [6, 6.07) is 17.7. The van der Waals surface area contributed by atoms with Crippen molar-refractivity contribution in [3.8, 4) is 11.5 Å². The van der Waals surface area contributed by atoms with E-state index in [0.717, 1.165) is 22.6 Å². The van der Waals surface area contributed by atoms with Crippen molar-refractivity contribution >= 4 is 0 Å². The van der Waals surface area contributed by atoms with Gasteiger partial charge in [0.1, 0.15) is 18.1 Å². The molecule has 2 aromatic rings. The van der Waals surface area contributed by atoms with Gasteiger partial charge in [-0.05, 0) is 49.2 Å². The van der Waals surface area contributed by atoms with Crippen LogP contribution in [0.3, 0.4) is 0 Å². The highest BCUT2D eigenvalue weighted by atomic mass is 16.5. The zero-order valence-corrected chi connectivity index (χ0v) is 11.3. The Morgan fingerprint density at radius 1 is 0.895 bits per heavy atom. The van der Waals surface area contributed by atoms with Crippen molar-refractivity contribution < 1.29 is 9.47 Å². The molecule has 0 atom stereocenters. The molecule has 0 bridgehead atoms. The Bertz CT molecular complexity index is 523. The van der Waals surface area contributed by atoms with Crippen LogP contribution in [0.2, 0.25) is 0 Å². The Balaban J connectivity index is 1.93. The summed E-state index contributed by atoms with van der Waals surface area (Å²) in [5, 5.41) is 0. The van der Waals surface area contributed by atoms with Crippen LogP contribution in [-0.2, 0) is 11.3 Å². The van der Waals surface area contributed by atoms with Crippen LogP contribution in [0.15, 0.2) is 66.4 Å². The van der Waals surface area contributed by atoms with Gasteiger partial charge in [-0.15, -0.1) is 0 Å². The van der Waals surface area contributed by atoms with Crippen molar-refractivity contribution in [1.29, 1.82) is 0 Å². The van der Waals surface area contributed by atoms with E-state index in [9.17, 15) is 0 Å². The smallest absolute Gasteiger partial charge is 0.127 e. The number of rotatable bonds is 5. The van der Waals surface area contributed by atoms with Crippen LogP contribution in [0.5, 0.6) is 11.5 Å². The van der Waals surface area contributed by atoms with Crippen molar-refractivity contribution in [2.24, 2.45) is 0 Å². The zero-order valence-electron chi connectivity index (χ0n) is 11.3. The predicted octanol–water partition coefficient (Wildman–Crippen LogP) is 4.92. The van der Waals surface area contributed by atoms with Crippen LogP contribution in [0.25, 0.3) is 0 Å². The molecular formula is C17H18O2. The largest absolute Gasteiger partial charge is 0.497 e. The standard InChI is InChI=1S/C17H18O2/c1-14(2)12-18-13-15-8-10-17(11-9-15)19-16-6-4-3-5-7-16/h3-12H,13H2,1-2H3. The fraction of sp³-hybridized carbons (Fsp3) is 0.176. The number of hydrogen-bond donors (Lipinski definition) is 0. The summed E-state index contributed by atoms with van der Waals surface area (Å²) in [7, 11) is 0. The third-order valence-electron chi connectivity index (χ3n) is 2.47. The SMILES string of the molecule is CC(C)=COCc1ccc(Oc2ccccc2)cc1. The van der Waals surface area contributed by atoms with Gasteiger partial charge in [0.25, 0.3) is 0 Å². The van der Waals surface area contributed by atoms with Gasteiger partial charge in [-0.3, -0.25) is 0 Å². The van der Waals surface area contributed by atoms with Gasteiger partial charge in [0.15, 0.2) is 0 Å². The minimum absolute atomic E-state index is 0.580. The number of allylic oxidation sites excluding steroid dienone is 1. The molecule has 2 rings (SSSR count). The first-order valence-electron chi connectivity index (χ1n) is 6.31. The second-order valence-electron chi connectivity index (χ2n) is 4.57. The first-order chi connectivity index (χ1) is 9.24. The third-order valence-corrected chi connectivity index (χ3v) is 2.47. The van der Waals surface area contributed by atoms with Gasteiger partial charge in [-0.1, -0.05) is 30.3 Å². The van der Waals surface area contributed by atoms with Crippen molar-refractivity contribution in [2.45, 2.75) is 20.5 Å². The summed E-state index contributed by atoms with van der Waals surface area (Å²) in [5.74, 6) is 1.67. The van der Waals surface area contributed by atoms with E-state index >= 15 is 0 Å². The molecule has 0 radical (unpaired) electrons. The van der Waals surface area contributed by atoms with Crippen molar-refractivity contribution in [2.75, 3.05) is 0 Å². The summed E-state index contributed by atoms with van der Waals surface area (Å²) >= 11 is 0. The second-order valence-corrected chi connectivity index (χ2v) is 4.57. The average molecular weight is 254 g/mol. The maximum atomic E-state index is 5.72. The monoisotopic (exact) mass is 254 g/mol. The normalized spacial score (nSPS) is 9.79. The molecule has 98 valence electrons.